The molecule has 42 heavy (non-hydrogen) atoms. The molecule has 0 bridgehead atoms. The summed E-state index contributed by atoms with van der Waals surface area (Å²) >= 11 is 18.5. The number of carbonyl (C=O) groups excluding carboxylic acids is 2. The first-order chi connectivity index (χ1) is 19.6. The number of amides is 2. The molecule has 0 fully saturated rings. The Bertz CT molecular complexity index is 1550. The molecular formula is C28H27Cl3F3N3O4S. The molecule has 3 aromatic rings. The second-order valence-electron chi connectivity index (χ2n) is 9.25. The van der Waals surface area contributed by atoms with Crippen LogP contribution in [0.25, 0.3) is 0 Å². The van der Waals surface area contributed by atoms with Gasteiger partial charge in [-0.05, 0) is 55.8 Å². The van der Waals surface area contributed by atoms with Crippen molar-refractivity contribution in [3.8, 4) is 0 Å². The first-order valence-electron chi connectivity index (χ1n) is 12.5. The Morgan fingerprint density at radius 1 is 0.952 bits per heavy atom. The molecule has 226 valence electrons. The van der Waals surface area contributed by atoms with Crippen LogP contribution in [0.4, 0.5) is 18.9 Å². The Hall–Kier alpha value is -2.99. The Labute approximate surface area is 257 Å². The van der Waals surface area contributed by atoms with Crippen LogP contribution in [0.2, 0.25) is 15.1 Å². The van der Waals surface area contributed by atoms with E-state index in [0.29, 0.717) is 15.9 Å². The molecule has 3 aromatic carbocycles. The number of anilines is 1. The van der Waals surface area contributed by atoms with Crippen molar-refractivity contribution in [3.63, 3.8) is 0 Å². The monoisotopic (exact) mass is 663 g/mol. The van der Waals surface area contributed by atoms with Gasteiger partial charge >= 0.3 is 6.18 Å². The topological polar surface area (TPSA) is 86.8 Å². The van der Waals surface area contributed by atoms with Crippen LogP contribution in [-0.4, -0.2) is 44.8 Å². The van der Waals surface area contributed by atoms with Gasteiger partial charge in [0.2, 0.25) is 11.8 Å². The molecule has 3 rings (SSSR count). The van der Waals surface area contributed by atoms with Gasteiger partial charge in [-0.2, -0.15) is 13.2 Å². The third-order valence-electron chi connectivity index (χ3n) is 6.45. The molecule has 0 spiro atoms. The minimum Gasteiger partial charge on any atom is -0.357 e. The van der Waals surface area contributed by atoms with Crippen molar-refractivity contribution in [3.05, 3.63) is 92.4 Å². The number of benzene rings is 3. The fourth-order valence-corrected chi connectivity index (χ4v) is 6.34. The SMILES string of the molecule is CCC(C(=O)NC)N(Cc1c(Cl)cccc1Cl)C(=O)CN(c1ccc(Cl)c(C(F)(F)F)c1)S(=O)(=O)c1ccc(C)cc1. The van der Waals surface area contributed by atoms with Crippen molar-refractivity contribution in [1.82, 2.24) is 10.2 Å². The van der Waals surface area contributed by atoms with E-state index in [1.807, 2.05) is 0 Å². The molecule has 0 saturated heterocycles. The van der Waals surface area contributed by atoms with Crippen molar-refractivity contribution in [2.24, 2.45) is 0 Å². The molecule has 0 saturated carbocycles. The summed E-state index contributed by atoms with van der Waals surface area (Å²) in [6.45, 7) is 2.14. The van der Waals surface area contributed by atoms with E-state index in [-0.39, 0.29) is 27.9 Å². The zero-order chi connectivity index (χ0) is 31.4. The quantitative estimate of drug-likeness (QED) is 0.261. The Balaban J connectivity index is 2.19. The maximum atomic E-state index is 14.0. The number of rotatable bonds is 10. The Morgan fingerprint density at radius 3 is 2.07 bits per heavy atom. The first kappa shape index (κ1) is 33.5. The number of halogens is 6. The predicted molar refractivity (Wildman–Crippen MR) is 157 cm³/mol. The molecule has 1 atom stereocenters. The van der Waals surface area contributed by atoms with Gasteiger partial charge in [-0.15, -0.1) is 0 Å². The highest BCUT2D eigenvalue weighted by atomic mass is 35.5. The molecule has 0 aliphatic rings. The fourth-order valence-electron chi connectivity index (χ4n) is 4.19. The first-order valence-corrected chi connectivity index (χ1v) is 15.1. The van der Waals surface area contributed by atoms with E-state index in [4.69, 9.17) is 34.8 Å². The van der Waals surface area contributed by atoms with Crippen LogP contribution in [-0.2, 0) is 32.3 Å². The van der Waals surface area contributed by atoms with Gasteiger partial charge < -0.3 is 10.2 Å². The zero-order valence-electron chi connectivity index (χ0n) is 22.7. The number of likely N-dealkylation sites (N-methyl/N-ethyl adjacent to an activating group) is 1. The number of nitrogens with one attached hydrogen (secondary N) is 1. The van der Waals surface area contributed by atoms with E-state index >= 15 is 0 Å². The van der Waals surface area contributed by atoms with Crippen molar-refractivity contribution in [2.45, 2.75) is 43.9 Å². The fraction of sp³-hybridized carbons (Fsp3) is 0.286. The number of alkyl halides is 3. The minimum absolute atomic E-state index is 0.122. The van der Waals surface area contributed by atoms with Crippen molar-refractivity contribution in [1.29, 1.82) is 0 Å². The normalized spacial score (nSPS) is 12.5. The number of aryl methyl sites for hydroxylation is 1. The summed E-state index contributed by atoms with van der Waals surface area (Å²) in [5.41, 5.74) is -0.698. The smallest absolute Gasteiger partial charge is 0.357 e. The molecule has 14 heteroatoms. The lowest BCUT2D eigenvalue weighted by molar-refractivity contribution is -0.140. The van der Waals surface area contributed by atoms with Crippen LogP contribution in [0.5, 0.6) is 0 Å². The number of nitrogens with zero attached hydrogens (tertiary/aromatic N) is 2. The van der Waals surface area contributed by atoms with Crippen molar-refractivity contribution in [2.75, 3.05) is 17.9 Å². The third-order valence-corrected chi connectivity index (χ3v) is 9.28. The summed E-state index contributed by atoms with van der Waals surface area (Å²) in [6, 6.07) is 11.7. The summed E-state index contributed by atoms with van der Waals surface area (Å²) in [5, 5.41) is 2.22. The van der Waals surface area contributed by atoms with Gasteiger partial charge in [0.1, 0.15) is 12.6 Å². The highest BCUT2D eigenvalue weighted by molar-refractivity contribution is 7.92. The maximum Gasteiger partial charge on any atom is 0.417 e. The van der Waals surface area contributed by atoms with E-state index in [2.05, 4.69) is 5.32 Å². The van der Waals surface area contributed by atoms with Gasteiger partial charge in [-0.1, -0.05) is 65.5 Å². The average molecular weight is 665 g/mol. The summed E-state index contributed by atoms with van der Waals surface area (Å²) in [7, 11) is -3.23. The number of hydrogen-bond donors (Lipinski definition) is 1. The average Bonchev–Trinajstić information content (AvgIpc) is 2.92. The van der Waals surface area contributed by atoms with Crippen LogP contribution in [0, 0.1) is 6.92 Å². The lowest BCUT2D eigenvalue weighted by atomic mass is 10.1. The molecule has 0 aromatic heterocycles. The Morgan fingerprint density at radius 2 is 1.55 bits per heavy atom. The number of carbonyl (C=O) groups is 2. The van der Waals surface area contributed by atoms with Gasteiger partial charge in [0, 0.05) is 29.2 Å². The molecule has 0 aliphatic carbocycles. The van der Waals surface area contributed by atoms with E-state index in [1.54, 1.807) is 19.9 Å². The minimum atomic E-state index is -4.91. The largest absolute Gasteiger partial charge is 0.417 e. The van der Waals surface area contributed by atoms with E-state index in [0.717, 1.165) is 22.6 Å². The second-order valence-corrected chi connectivity index (χ2v) is 12.3. The van der Waals surface area contributed by atoms with Gasteiger partial charge in [-0.25, -0.2) is 8.42 Å². The van der Waals surface area contributed by atoms with E-state index < -0.39 is 56.9 Å². The van der Waals surface area contributed by atoms with E-state index in [9.17, 15) is 31.2 Å². The lowest BCUT2D eigenvalue weighted by Crippen LogP contribution is -2.51. The van der Waals surface area contributed by atoms with Gasteiger partial charge in [0.05, 0.1) is 21.2 Å². The number of sulfonamides is 1. The molecule has 7 nitrogen and oxygen atoms in total. The molecule has 0 heterocycles. The molecule has 1 N–H and O–H groups in total. The van der Waals surface area contributed by atoms with Gasteiger partial charge in [-0.3, -0.25) is 13.9 Å². The van der Waals surface area contributed by atoms with Crippen LogP contribution < -0.4 is 9.62 Å². The van der Waals surface area contributed by atoms with Crippen molar-refractivity contribution >= 4 is 62.3 Å². The van der Waals surface area contributed by atoms with Gasteiger partial charge in [0.25, 0.3) is 10.0 Å². The van der Waals surface area contributed by atoms with Crippen LogP contribution >= 0.6 is 34.8 Å². The van der Waals surface area contributed by atoms with Crippen LogP contribution in [0.1, 0.15) is 30.0 Å². The molecular weight excluding hydrogens is 638 g/mol. The summed E-state index contributed by atoms with van der Waals surface area (Å²) in [5.74, 6) is -1.44. The summed E-state index contributed by atoms with van der Waals surface area (Å²) < 4.78 is 69.5. The summed E-state index contributed by atoms with van der Waals surface area (Å²) in [4.78, 5) is 27.6. The van der Waals surface area contributed by atoms with Crippen molar-refractivity contribution < 1.29 is 31.2 Å². The highest BCUT2D eigenvalue weighted by Gasteiger charge is 2.37. The Kier molecular flexibility index (Phi) is 10.8. The molecule has 1 unspecified atom stereocenters. The standard InChI is InChI=1S/C28H27Cl3F3N3O4S/c1-4-25(27(39)35-3)36(15-20-22(29)6-5-7-23(20)30)26(38)16-37(42(40,41)19-11-8-17(2)9-12-19)18-10-13-24(31)21(14-18)28(32,33)34/h5-14,25H,4,15-16H2,1-3H3,(H,35,39). The predicted octanol–water partition coefficient (Wildman–Crippen LogP) is 6.72. The highest BCUT2D eigenvalue weighted by Crippen LogP contribution is 2.38. The van der Waals surface area contributed by atoms with Crippen LogP contribution in [0.15, 0.2) is 65.6 Å². The molecule has 0 radical (unpaired) electrons. The summed E-state index contributed by atoms with van der Waals surface area (Å²) in [6.07, 6.45) is -4.78. The van der Waals surface area contributed by atoms with Gasteiger partial charge in [0.15, 0.2) is 0 Å². The zero-order valence-corrected chi connectivity index (χ0v) is 25.8. The van der Waals surface area contributed by atoms with Crippen LogP contribution in [0.3, 0.4) is 0 Å². The lowest BCUT2D eigenvalue weighted by Gasteiger charge is -2.33. The second kappa shape index (κ2) is 13.5. The molecule has 2 amide bonds. The third kappa shape index (κ3) is 7.50. The molecule has 0 aliphatic heterocycles. The maximum absolute atomic E-state index is 14.0. The number of hydrogen-bond acceptors (Lipinski definition) is 4. The van der Waals surface area contributed by atoms with E-state index in [1.165, 1.54) is 43.4 Å².